The molecule has 0 unspecified atom stereocenters. The van der Waals surface area contributed by atoms with Crippen LogP contribution in [-0.4, -0.2) is 31.1 Å². The fraction of sp³-hybridized carbons (Fsp3) is 0.600. The van der Waals surface area contributed by atoms with Gasteiger partial charge in [-0.25, -0.2) is 0 Å². The summed E-state index contributed by atoms with van der Waals surface area (Å²) in [4.78, 5) is 2.42. The zero-order valence-corrected chi connectivity index (χ0v) is 11.2. The Bertz CT molecular complexity index is 346. The number of likely N-dealkylation sites (tertiary alicyclic amines) is 1. The van der Waals surface area contributed by atoms with Crippen LogP contribution in [0.25, 0.3) is 0 Å². The van der Waals surface area contributed by atoms with Crippen LogP contribution >= 0.6 is 0 Å². The summed E-state index contributed by atoms with van der Waals surface area (Å²) >= 11 is 0. The lowest BCUT2D eigenvalue weighted by molar-refractivity contribution is 0.147. The summed E-state index contributed by atoms with van der Waals surface area (Å²) in [6.07, 6.45) is 1.35. The SMILES string of the molecule is CC(C)(C)c1ccc(OCCN2CCC2)cc1. The third-order valence-electron chi connectivity index (χ3n) is 3.35. The number of hydrogen-bond donors (Lipinski definition) is 0. The topological polar surface area (TPSA) is 12.5 Å². The maximum Gasteiger partial charge on any atom is 0.119 e. The smallest absolute Gasteiger partial charge is 0.119 e. The number of rotatable bonds is 4. The zero-order chi connectivity index (χ0) is 12.3. The molecule has 0 aliphatic carbocycles. The van der Waals surface area contributed by atoms with Crippen LogP contribution in [0.3, 0.4) is 0 Å². The van der Waals surface area contributed by atoms with Gasteiger partial charge in [-0.3, -0.25) is 4.90 Å². The Morgan fingerprint density at radius 3 is 2.24 bits per heavy atom. The van der Waals surface area contributed by atoms with Gasteiger partial charge in [-0.05, 0) is 42.6 Å². The van der Waals surface area contributed by atoms with Crippen LogP contribution in [0.4, 0.5) is 0 Å². The van der Waals surface area contributed by atoms with E-state index < -0.39 is 0 Å². The largest absolute Gasteiger partial charge is 0.492 e. The van der Waals surface area contributed by atoms with Crippen molar-refractivity contribution < 1.29 is 4.74 Å². The van der Waals surface area contributed by atoms with Crippen molar-refractivity contribution in [2.75, 3.05) is 26.2 Å². The summed E-state index contributed by atoms with van der Waals surface area (Å²) in [5.74, 6) is 0.985. The van der Waals surface area contributed by atoms with Gasteiger partial charge in [0.15, 0.2) is 0 Å². The molecular formula is C15H23NO. The Hall–Kier alpha value is -1.02. The molecule has 0 aromatic heterocycles. The highest BCUT2D eigenvalue weighted by Gasteiger charge is 2.14. The minimum atomic E-state index is 0.218. The number of ether oxygens (including phenoxy) is 1. The van der Waals surface area contributed by atoms with Crippen LogP contribution in [0.2, 0.25) is 0 Å². The highest BCUT2D eigenvalue weighted by atomic mass is 16.5. The van der Waals surface area contributed by atoms with Crippen molar-refractivity contribution in [1.29, 1.82) is 0 Å². The molecule has 0 radical (unpaired) electrons. The second-order valence-electron chi connectivity index (χ2n) is 5.82. The van der Waals surface area contributed by atoms with Gasteiger partial charge in [0.1, 0.15) is 12.4 Å². The van der Waals surface area contributed by atoms with E-state index >= 15 is 0 Å². The maximum absolute atomic E-state index is 5.74. The van der Waals surface area contributed by atoms with Crippen LogP contribution in [0, 0.1) is 0 Å². The minimum absolute atomic E-state index is 0.218. The van der Waals surface area contributed by atoms with E-state index in [1.165, 1.54) is 25.1 Å². The summed E-state index contributed by atoms with van der Waals surface area (Å²) in [6, 6.07) is 8.49. The van der Waals surface area contributed by atoms with Gasteiger partial charge in [-0.1, -0.05) is 32.9 Å². The van der Waals surface area contributed by atoms with E-state index in [1.54, 1.807) is 0 Å². The summed E-state index contributed by atoms with van der Waals surface area (Å²) in [6.45, 7) is 11.0. The molecule has 94 valence electrons. The Morgan fingerprint density at radius 1 is 1.12 bits per heavy atom. The lowest BCUT2D eigenvalue weighted by atomic mass is 9.87. The van der Waals surface area contributed by atoms with Crippen LogP contribution in [0.1, 0.15) is 32.8 Å². The van der Waals surface area contributed by atoms with Crippen molar-refractivity contribution >= 4 is 0 Å². The molecule has 1 aliphatic rings. The monoisotopic (exact) mass is 233 g/mol. The van der Waals surface area contributed by atoms with Gasteiger partial charge in [-0.15, -0.1) is 0 Å². The Kier molecular flexibility index (Phi) is 3.72. The first-order valence-corrected chi connectivity index (χ1v) is 6.51. The molecule has 1 aromatic carbocycles. The average molecular weight is 233 g/mol. The van der Waals surface area contributed by atoms with Gasteiger partial charge < -0.3 is 4.74 Å². The molecule has 0 amide bonds. The van der Waals surface area contributed by atoms with Gasteiger partial charge in [0.2, 0.25) is 0 Å². The molecule has 2 rings (SSSR count). The van der Waals surface area contributed by atoms with Crippen molar-refractivity contribution in [3.8, 4) is 5.75 Å². The van der Waals surface area contributed by atoms with E-state index in [0.717, 1.165) is 18.9 Å². The van der Waals surface area contributed by atoms with E-state index in [4.69, 9.17) is 4.74 Å². The number of benzene rings is 1. The summed E-state index contributed by atoms with van der Waals surface area (Å²) in [5, 5.41) is 0. The maximum atomic E-state index is 5.74. The normalized spacial score (nSPS) is 16.6. The van der Waals surface area contributed by atoms with E-state index in [0.29, 0.717) is 0 Å². The molecule has 0 bridgehead atoms. The van der Waals surface area contributed by atoms with Gasteiger partial charge in [0, 0.05) is 6.54 Å². The van der Waals surface area contributed by atoms with Gasteiger partial charge in [0.25, 0.3) is 0 Å². The molecule has 1 fully saturated rings. The molecule has 0 saturated carbocycles. The molecule has 1 aliphatic heterocycles. The second kappa shape index (κ2) is 5.09. The standard InChI is InChI=1S/C15H23NO/c1-15(2,3)13-5-7-14(8-6-13)17-12-11-16-9-4-10-16/h5-8H,4,9-12H2,1-3H3. The lowest BCUT2D eigenvalue weighted by Crippen LogP contribution is -2.39. The van der Waals surface area contributed by atoms with Crippen molar-refractivity contribution in [1.82, 2.24) is 4.90 Å². The lowest BCUT2D eigenvalue weighted by Gasteiger charge is -2.30. The second-order valence-corrected chi connectivity index (χ2v) is 5.82. The van der Waals surface area contributed by atoms with Gasteiger partial charge in [-0.2, -0.15) is 0 Å². The van der Waals surface area contributed by atoms with Crippen LogP contribution in [0.15, 0.2) is 24.3 Å². The highest BCUT2D eigenvalue weighted by molar-refractivity contribution is 5.31. The van der Waals surface area contributed by atoms with Crippen LogP contribution in [0.5, 0.6) is 5.75 Å². The van der Waals surface area contributed by atoms with Crippen molar-refractivity contribution in [2.45, 2.75) is 32.6 Å². The number of hydrogen-bond acceptors (Lipinski definition) is 2. The molecule has 0 spiro atoms. The highest BCUT2D eigenvalue weighted by Crippen LogP contribution is 2.24. The van der Waals surface area contributed by atoms with E-state index in [-0.39, 0.29) is 5.41 Å². The fourth-order valence-corrected chi connectivity index (χ4v) is 1.95. The third-order valence-corrected chi connectivity index (χ3v) is 3.35. The Morgan fingerprint density at radius 2 is 1.76 bits per heavy atom. The predicted octanol–water partition coefficient (Wildman–Crippen LogP) is 3.07. The minimum Gasteiger partial charge on any atom is -0.492 e. The third kappa shape index (κ3) is 3.47. The first kappa shape index (κ1) is 12.4. The van der Waals surface area contributed by atoms with Crippen LogP contribution < -0.4 is 4.74 Å². The van der Waals surface area contributed by atoms with Crippen molar-refractivity contribution in [2.24, 2.45) is 0 Å². The quantitative estimate of drug-likeness (QED) is 0.792. The molecule has 1 aromatic rings. The molecule has 1 saturated heterocycles. The molecular weight excluding hydrogens is 210 g/mol. The first-order valence-electron chi connectivity index (χ1n) is 6.51. The first-order chi connectivity index (χ1) is 8.05. The summed E-state index contributed by atoms with van der Waals surface area (Å²) in [7, 11) is 0. The van der Waals surface area contributed by atoms with E-state index in [2.05, 4.69) is 49.9 Å². The van der Waals surface area contributed by atoms with Gasteiger partial charge in [0.05, 0.1) is 0 Å². The van der Waals surface area contributed by atoms with Gasteiger partial charge >= 0.3 is 0 Å². The molecule has 2 heteroatoms. The Balaban J connectivity index is 1.81. The molecule has 0 N–H and O–H groups in total. The summed E-state index contributed by atoms with van der Waals surface area (Å²) in [5.41, 5.74) is 1.57. The average Bonchev–Trinajstić information content (AvgIpc) is 2.21. The fourth-order valence-electron chi connectivity index (χ4n) is 1.95. The van der Waals surface area contributed by atoms with Crippen molar-refractivity contribution in [3.05, 3.63) is 29.8 Å². The van der Waals surface area contributed by atoms with E-state index in [9.17, 15) is 0 Å². The Labute approximate surface area is 105 Å². The molecule has 17 heavy (non-hydrogen) atoms. The zero-order valence-electron chi connectivity index (χ0n) is 11.2. The molecule has 0 atom stereocenters. The molecule has 1 heterocycles. The predicted molar refractivity (Wildman–Crippen MR) is 71.7 cm³/mol. The van der Waals surface area contributed by atoms with E-state index in [1.807, 2.05) is 0 Å². The van der Waals surface area contributed by atoms with Crippen LogP contribution in [-0.2, 0) is 5.41 Å². The molecule has 2 nitrogen and oxygen atoms in total. The summed E-state index contributed by atoms with van der Waals surface area (Å²) < 4.78 is 5.74. The van der Waals surface area contributed by atoms with Crippen molar-refractivity contribution in [3.63, 3.8) is 0 Å². The number of nitrogens with zero attached hydrogens (tertiary/aromatic N) is 1.